The van der Waals surface area contributed by atoms with Gasteiger partial charge in [0.1, 0.15) is 5.75 Å². The van der Waals surface area contributed by atoms with Gasteiger partial charge >= 0.3 is 7.12 Å². The summed E-state index contributed by atoms with van der Waals surface area (Å²) in [4.78, 5) is 0. The van der Waals surface area contributed by atoms with Crippen LogP contribution in [0.5, 0.6) is 5.75 Å². The molecule has 0 aliphatic rings. The zero-order valence-corrected chi connectivity index (χ0v) is 12.3. The number of methoxy groups -OCH3 is 1. The third kappa shape index (κ3) is 5.92. The normalized spacial score (nSPS) is 10.9. The lowest BCUT2D eigenvalue weighted by Gasteiger charge is -2.11. The molecular weight excluding hydrogens is 259 g/mol. The second-order valence-electron chi connectivity index (χ2n) is 4.97. The van der Waals surface area contributed by atoms with Gasteiger partial charge in [-0.15, -0.1) is 0 Å². The molecule has 6 heteroatoms. The maximum Gasteiger partial charge on any atom is 0.492 e. The fourth-order valence-electron chi connectivity index (χ4n) is 1.70. The Morgan fingerprint density at radius 3 is 2.45 bits per heavy atom. The Morgan fingerprint density at radius 2 is 1.85 bits per heavy atom. The molecule has 0 aromatic heterocycles. The van der Waals surface area contributed by atoms with Gasteiger partial charge in [0, 0.05) is 12.1 Å². The van der Waals surface area contributed by atoms with Gasteiger partial charge in [-0.25, -0.2) is 0 Å². The summed E-state index contributed by atoms with van der Waals surface area (Å²) in [5.41, 5.74) is 1.20. The smallest absolute Gasteiger partial charge is 0.492 e. The van der Waals surface area contributed by atoms with Gasteiger partial charge in [-0.3, -0.25) is 0 Å². The van der Waals surface area contributed by atoms with Crippen LogP contribution < -0.4 is 10.2 Å². The van der Waals surface area contributed by atoms with Crippen LogP contribution in [-0.2, 0) is 16.1 Å². The summed E-state index contributed by atoms with van der Waals surface area (Å²) in [6.07, 6.45) is 0. The van der Waals surface area contributed by atoms with Gasteiger partial charge in [0.2, 0.25) is 0 Å². The van der Waals surface area contributed by atoms with Crippen molar-refractivity contribution < 1.29 is 24.3 Å². The SMILES string of the molecule is COc1ccc(COCCOCC(C)C)cc1B(O)O. The van der Waals surface area contributed by atoms with Gasteiger partial charge in [0.15, 0.2) is 0 Å². The monoisotopic (exact) mass is 282 g/mol. The molecule has 1 aromatic carbocycles. The summed E-state index contributed by atoms with van der Waals surface area (Å²) >= 11 is 0. The lowest BCUT2D eigenvalue weighted by molar-refractivity contribution is 0.0314. The molecule has 1 rings (SSSR count). The van der Waals surface area contributed by atoms with Crippen molar-refractivity contribution in [2.75, 3.05) is 26.9 Å². The van der Waals surface area contributed by atoms with E-state index in [1.165, 1.54) is 7.11 Å². The quantitative estimate of drug-likeness (QED) is 0.512. The Labute approximate surface area is 120 Å². The van der Waals surface area contributed by atoms with Crippen LogP contribution >= 0.6 is 0 Å². The summed E-state index contributed by atoms with van der Waals surface area (Å²) in [7, 11) is -0.0667. The maximum atomic E-state index is 9.27. The molecule has 0 radical (unpaired) electrons. The molecule has 112 valence electrons. The molecule has 0 saturated carbocycles. The number of hydrogen-bond acceptors (Lipinski definition) is 5. The van der Waals surface area contributed by atoms with Crippen molar-refractivity contribution in [2.24, 2.45) is 5.92 Å². The fourth-order valence-corrected chi connectivity index (χ4v) is 1.70. The van der Waals surface area contributed by atoms with Gasteiger partial charge in [-0.1, -0.05) is 26.0 Å². The molecule has 0 fully saturated rings. The van der Waals surface area contributed by atoms with Crippen LogP contribution in [0.1, 0.15) is 19.4 Å². The predicted octanol–water partition coefficient (Wildman–Crippen LogP) is 0.564. The second-order valence-corrected chi connectivity index (χ2v) is 4.97. The lowest BCUT2D eigenvalue weighted by atomic mass is 9.79. The summed E-state index contributed by atoms with van der Waals surface area (Å²) in [6, 6.07) is 5.20. The highest BCUT2D eigenvalue weighted by atomic mass is 16.5. The van der Waals surface area contributed by atoms with Crippen LogP contribution in [0.4, 0.5) is 0 Å². The molecule has 0 spiro atoms. The average molecular weight is 282 g/mol. The van der Waals surface area contributed by atoms with Crippen molar-refractivity contribution in [3.05, 3.63) is 23.8 Å². The minimum Gasteiger partial charge on any atom is -0.497 e. The highest BCUT2D eigenvalue weighted by Gasteiger charge is 2.17. The molecule has 2 N–H and O–H groups in total. The van der Waals surface area contributed by atoms with E-state index in [9.17, 15) is 10.0 Å². The van der Waals surface area contributed by atoms with Gasteiger partial charge in [0.05, 0.1) is 26.9 Å². The summed E-state index contributed by atoms with van der Waals surface area (Å²) in [6.45, 7) is 6.39. The lowest BCUT2D eigenvalue weighted by Crippen LogP contribution is -2.31. The minimum absolute atomic E-state index is 0.338. The first-order valence-electron chi connectivity index (χ1n) is 6.73. The van der Waals surface area contributed by atoms with Gasteiger partial charge in [-0.2, -0.15) is 0 Å². The van der Waals surface area contributed by atoms with Crippen molar-refractivity contribution in [3.8, 4) is 5.75 Å². The van der Waals surface area contributed by atoms with Crippen molar-refractivity contribution in [3.63, 3.8) is 0 Å². The highest BCUT2D eigenvalue weighted by molar-refractivity contribution is 6.59. The molecule has 0 atom stereocenters. The molecular formula is C14H23BO5. The molecule has 0 unspecified atom stereocenters. The number of ether oxygens (including phenoxy) is 3. The standard InChI is InChI=1S/C14H23BO5/c1-11(2)9-19-6-7-20-10-12-4-5-14(18-3)13(8-12)15(16)17/h4-5,8,11,16-17H,6-7,9-10H2,1-3H3. The van der Waals surface area contributed by atoms with Crippen LogP contribution in [0.25, 0.3) is 0 Å². The first-order valence-corrected chi connectivity index (χ1v) is 6.73. The Bertz CT molecular complexity index is 395. The van der Waals surface area contributed by atoms with Crippen molar-refractivity contribution >= 4 is 12.6 Å². The van der Waals surface area contributed by atoms with Gasteiger partial charge in [0.25, 0.3) is 0 Å². The Hall–Kier alpha value is -1.08. The van der Waals surface area contributed by atoms with E-state index >= 15 is 0 Å². The molecule has 0 heterocycles. The first kappa shape index (κ1) is 17.0. The molecule has 0 amide bonds. The van der Waals surface area contributed by atoms with Crippen molar-refractivity contribution in [1.82, 2.24) is 0 Å². The van der Waals surface area contributed by atoms with E-state index in [4.69, 9.17) is 14.2 Å². The van der Waals surface area contributed by atoms with Gasteiger partial charge < -0.3 is 24.3 Å². The molecule has 5 nitrogen and oxygen atoms in total. The third-order valence-electron chi connectivity index (χ3n) is 2.66. The predicted molar refractivity (Wildman–Crippen MR) is 78.1 cm³/mol. The van der Waals surface area contributed by atoms with E-state index in [-0.39, 0.29) is 0 Å². The largest absolute Gasteiger partial charge is 0.497 e. The molecule has 20 heavy (non-hydrogen) atoms. The summed E-state index contributed by atoms with van der Waals surface area (Å²) in [5.74, 6) is 0.967. The fraction of sp³-hybridized carbons (Fsp3) is 0.571. The van der Waals surface area contributed by atoms with Crippen molar-refractivity contribution in [1.29, 1.82) is 0 Å². The van der Waals surface area contributed by atoms with E-state index in [2.05, 4.69) is 13.8 Å². The van der Waals surface area contributed by atoms with E-state index in [0.29, 0.717) is 37.0 Å². The van der Waals surface area contributed by atoms with Crippen LogP contribution in [0.2, 0.25) is 0 Å². The van der Waals surface area contributed by atoms with Crippen LogP contribution in [-0.4, -0.2) is 44.1 Å². The number of rotatable bonds is 9. The van der Waals surface area contributed by atoms with Gasteiger partial charge in [-0.05, 0) is 17.5 Å². The minimum atomic E-state index is -1.56. The van der Waals surface area contributed by atoms with Crippen LogP contribution in [0.15, 0.2) is 18.2 Å². The Morgan fingerprint density at radius 1 is 1.15 bits per heavy atom. The summed E-state index contributed by atoms with van der Waals surface area (Å²) in [5, 5.41) is 18.5. The van der Waals surface area contributed by atoms with E-state index in [0.717, 1.165) is 12.2 Å². The van der Waals surface area contributed by atoms with Crippen molar-refractivity contribution in [2.45, 2.75) is 20.5 Å². The topological polar surface area (TPSA) is 68.2 Å². The summed E-state index contributed by atoms with van der Waals surface area (Å²) < 4.78 is 15.9. The maximum absolute atomic E-state index is 9.27. The Balaban J connectivity index is 2.39. The number of hydrogen-bond donors (Lipinski definition) is 2. The molecule has 1 aromatic rings. The second kappa shape index (κ2) is 8.97. The van der Waals surface area contributed by atoms with Crippen LogP contribution in [0.3, 0.4) is 0 Å². The van der Waals surface area contributed by atoms with Crippen LogP contribution in [0, 0.1) is 5.92 Å². The third-order valence-corrected chi connectivity index (χ3v) is 2.66. The Kier molecular flexibility index (Phi) is 7.61. The zero-order valence-electron chi connectivity index (χ0n) is 12.3. The average Bonchev–Trinajstić information content (AvgIpc) is 2.42. The zero-order chi connectivity index (χ0) is 15.0. The molecule has 0 aliphatic heterocycles. The van der Waals surface area contributed by atoms with E-state index in [1.807, 2.05) is 6.07 Å². The first-order chi connectivity index (χ1) is 9.54. The highest BCUT2D eigenvalue weighted by Crippen LogP contribution is 2.10. The molecule has 0 aliphatic carbocycles. The molecule has 0 bridgehead atoms. The van der Waals surface area contributed by atoms with E-state index in [1.54, 1.807) is 12.1 Å². The van der Waals surface area contributed by atoms with E-state index < -0.39 is 7.12 Å². The number of benzene rings is 1. The molecule has 0 saturated heterocycles.